The predicted molar refractivity (Wildman–Crippen MR) is 83.8 cm³/mol. The number of primary amides is 1. The minimum absolute atomic E-state index is 0.0532. The first-order valence-corrected chi connectivity index (χ1v) is 8.20. The fourth-order valence-corrected chi connectivity index (χ4v) is 4.29. The van der Waals surface area contributed by atoms with Gasteiger partial charge in [-0.1, -0.05) is 11.6 Å². The second kappa shape index (κ2) is 6.89. The van der Waals surface area contributed by atoms with Crippen LogP contribution < -0.4 is 11.5 Å². The SMILES string of the molecule is CC(N)C(c1ccc(Cl)s1)N1CCC(CC(N)=O)CC1. The number of likely N-dealkylation sites (tertiary alicyclic amines) is 1. The second-order valence-corrected chi connectivity index (χ2v) is 7.34. The summed E-state index contributed by atoms with van der Waals surface area (Å²) in [6, 6.07) is 4.26. The summed E-state index contributed by atoms with van der Waals surface area (Å²) in [5.41, 5.74) is 11.4. The molecule has 1 aliphatic rings. The van der Waals surface area contributed by atoms with E-state index in [0.29, 0.717) is 12.3 Å². The van der Waals surface area contributed by atoms with Crippen LogP contribution in [0.2, 0.25) is 4.34 Å². The Bertz CT molecular complexity index is 455. The molecular formula is C14H22ClN3OS. The smallest absolute Gasteiger partial charge is 0.217 e. The third kappa shape index (κ3) is 3.95. The highest BCUT2D eigenvalue weighted by Crippen LogP contribution is 2.34. The van der Waals surface area contributed by atoms with Crippen LogP contribution in [0.15, 0.2) is 12.1 Å². The Hall–Kier alpha value is -0.620. The number of nitrogens with two attached hydrogens (primary N) is 2. The summed E-state index contributed by atoms with van der Waals surface area (Å²) in [5.74, 6) is 0.224. The van der Waals surface area contributed by atoms with Crippen molar-refractivity contribution in [3.63, 3.8) is 0 Å². The van der Waals surface area contributed by atoms with Gasteiger partial charge in [0.2, 0.25) is 5.91 Å². The number of carbonyl (C=O) groups is 1. The van der Waals surface area contributed by atoms with Crippen molar-refractivity contribution >= 4 is 28.8 Å². The molecule has 4 N–H and O–H groups in total. The summed E-state index contributed by atoms with van der Waals surface area (Å²) in [6.45, 7) is 3.95. The van der Waals surface area contributed by atoms with Crippen LogP contribution in [0.4, 0.5) is 0 Å². The fourth-order valence-electron chi connectivity index (χ4n) is 2.98. The van der Waals surface area contributed by atoms with Crippen molar-refractivity contribution in [1.29, 1.82) is 0 Å². The maximum atomic E-state index is 11.0. The maximum Gasteiger partial charge on any atom is 0.217 e. The monoisotopic (exact) mass is 315 g/mol. The van der Waals surface area contributed by atoms with E-state index in [9.17, 15) is 4.79 Å². The topological polar surface area (TPSA) is 72.3 Å². The zero-order valence-corrected chi connectivity index (χ0v) is 13.3. The summed E-state index contributed by atoms with van der Waals surface area (Å²) in [6.07, 6.45) is 2.51. The highest BCUT2D eigenvalue weighted by molar-refractivity contribution is 7.16. The van der Waals surface area contributed by atoms with E-state index in [1.807, 2.05) is 13.0 Å². The first-order chi connectivity index (χ1) is 9.47. The van der Waals surface area contributed by atoms with Gasteiger partial charge >= 0.3 is 0 Å². The second-order valence-electron chi connectivity index (χ2n) is 5.60. The van der Waals surface area contributed by atoms with Crippen LogP contribution >= 0.6 is 22.9 Å². The van der Waals surface area contributed by atoms with Crippen LogP contribution in [0.5, 0.6) is 0 Å². The molecule has 4 nitrogen and oxygen atoms in total. The zero-order valence-electron chi connectivity index (χ0n) is 11.7. The molecule has 20 heavy (non-hydrogen) atoms. The molecule has 1 fully saturated rings. The molecule has 112 valence electrons. The van der Waals surface area contributed by atoms with Crippen molar-refractivity contribution in [3.8, 4) is 0 Å². The van der Waals surface area contributed by atoms with Crippen molar-refractivity contribution in [1.82, 2.24) is 4.90 Å². The maximum absolute atomic E-state index is 11.0. The van der Waals surface area contributed by atoms with E-state index in [-0.39, 0.29) is 18.0 Å². The average Bonchev–Trinajstić information content (AvgIpc) is 2.77. The van der Waals surface area contributed by atoms with Crippen molar-refractivity contribution in [2.45, 2.75) is 38.3 Å². The minimum Gasteiger partial charge on any atom is -0.370 e. The molecule has 2 rings (SSSR count). The van der Waals surface area contributed by atoms with Crippen LogP contribution in [0.1, 0.15) is 37.1 Å². The lowest BCUT2D eigenvalue weighted by Crippen LogP contribution is -2.43. The van der Waals surface area contributed by atoms with Gasteiger partial charge in [0.05, 0.1) is 10.4 Å². The van der Waals surface area contributed by atoms with E-state index >= 15 is 0 Å². The van der Waals surface area contributed by atoms with Crippen LogP contribution in [0.25, 0.3) is 0 Å². The Morgan fingerprint density at radius 1 is 1.50 bits per heavy atom. The average molecular weight is 316 g/mol. The normalized spacial score (nSPS) is 20.8. The standard InChI is InChI=1S/C14H22ClN3OS/c1-9(16)14(11-2-3-12(15)20-11)18-6-4-10(5-7-18)8-13(17)19/h2-3,9-10,14H,4-8,16H2,1H3,(H2,17,19). The van der Waals surface area contributed by atoms with E-state index in [1.165, 1.54) is 4.88 Å². The summed E-state index contributed by atoms with van der Waals surface area (Å²) >= 11 is 7.64. The highest BCUT2D eigenvalue weighted by atomic mass is 35.5. The molecule has 0 saturated carbocycles. The van der Waals surface area contributed by atoms with Crippen molar-refractivity contribution < 1.29 is 4.79 Å². The Kier molecular flexibility index (Phi) is 5.43. The molecule has 2 unspecified atom stereocenters. The van der Waals surface area contributed by atoms with E-state index in [2.05, 4.69) is 11.0 Å². The minimum atomic E-state index is -0.197. The molecule has 0 aliphatic carbocycles. The molecule has 0 aromatic carbocycles. The van der Waals surface area contributed by atoms with Gasteiger partial charge in [-0.3, -0.25) is 9.69 Å². The van der Waals surface area contributed by atoms with Gasteiger partial charge in [-0.05, 0) is 50.9 Å². The zero-order chi connectivity index (χ0) is 14.7. The molecular weight excluding hydrogens is 294 g/mol. The molecule has 2 heterocycles. The predicted octanol–water partition coefficient (Wildman–Crippen LogP) is 2.38. The molecule has 1 aliphatic heterocycles. The molecule has 6 heteroatoms. The molecule has 0 spiro atoms. The van der Waals surface area contributed by atoms with Gasteiger partial charge < -0.3 is 11.5 Å². The van der Waals surface area contributed by atoms with Gasteiger partial charge in [0.25, 0.3) is 0 Å². The van der Waals surface area contributed by atoms with Gasteiger partial charge in [0.15, 0.2) is 0 Å². The Labute approximate surface area is 129 Å². The van der Waals surface area contributed by atoms with Crippen LogP contribution in [-0.4, -0.2) is 29.9 Å². The number of halogens is 1. The molecule has 1 saturated heterocycles. The number of nitrogens with zero attached hydrogens (tertiary/aromatic N) is 1. The molecule has 1 aromatic rings. The quantitative estimate of drug-likeness (QED) is 0.876. The first kappa shape index (κ1) is 15.8. The lowest BCUT2D eigenvalue weighted by molar-refractivity contribution is -0.119. The van der Waals surface area contributed by atoms with Gasteiger partial charge in [-0.15, -0.1) is 11.3 Å². The lowest BCUT2D eigenvalue weighted by atomic mass is 9.91. The van der Waals surface area contributed by atoms with Crippen LogP contribution in [0.3, 0.4) is 0 Å². The van der Waals surface area contributed by atoms with E-state index < -0.39 is 0 Å². The first-order valence-electron chi connectivity index (χ1n) is 7.00. The highest BCUT2D eigenvalue weighted by Gasteiger charge is 2.29. The molecule has 2 atom stereocenters. The number of rotatable bonds is 5. The fraction of sp³-hybridized carbons (Fsp3) is 0.643. The van der Waals surface area contributed by atoms with E-state index in [4.69, 9.17) is 23.1 Å². The summed E-state index contributed by atoms with van der Waals surface area (Å²) in [4.78, 5) is 14.6. The summed E-state index contributed by atoms with van der Waals surface area (Å²) < 4.78 is 0.800. The number of hydrogen-bond donors (Lipinski definition) is 2. The largest absolute Gasteiger partial charge is 0.370 e. The number of amides is 1. The van der Waals surface area contributed by atoms with Gasteiger partial charge in [-0.2, -0.15) is 0 Å². The summed E-state index contributed by atoms with van der Waals surface area (Å²) in [7, 11) is 0. The Morgan fingerprint density at radius 3 is 2.60 bits per heavy atom. The van der Waals surface area contributed by atoms with Crippen molar-refractivity contribution in [2.75, 3.05) is 13.1 Å². The van der Waals surface area contributed by atoms with E-state index in [1.54, 1.807) is 11.3 Å². The van der Waals surface area contributed by atoms with Gasteiger partial charge in [0, 0.05) is 17.3 Å². The van der Waals surface area contributed by atoms with Crippen LogP contribution in [0, 0.1) is 5.92 Å². The lowest BCUT2D eigenvalue weighted by Gasteiger charge is -2.38. The molecule has 0 radical (unpaired) electrons. The van der Waals surface area contributed by atoms with Crippen molar-refractivity contribution in [3.05, 3.63) is 21.3 Å². The third-order valence-corrected chi connectivity index (χ3v) is 5.22. The summed E-state index contributed by atoms with van der Waals surface area (Å²) in [5, 5.41) is 0. The Balaban J connectivity index is 2.00. The number of piperidine rings is 1. The van der Waals surface area contributed by atoms with E-state index in [0.717, 1.165) is 30.3 Å². The van der Waals surface area contributed by atoms with Crippen molar-refractivity contribution in [2.24, 2.45) is 17.4 Å². The number of thiophene rings is 1. The number of carbonyl (C=O) groups excluding carboxylic acids is 1. The number of hydrogen-bond acceptors (Lipinski definition) is 4. The molecule has 1 aromatic heterocycles. The third-order valence-electron chi connectivity index (χ3n) is 3.92. The molecule has 1 amide bonds. The van der Waals surface area contributed by atoms with Gasteiger partial charge in [-0.25, -0.2) is 0 Å². The van der Waals surface area contributed by atoms with Crippen LogP contribution in [-0.2, 0) is 4.79 Å². The van der Waals surface area contributed by atoms with Gasteiger partial charge in [0.1, 0.15) is 0 Å². The Morgan fingerprint density at radius 2 is 2.15 bits per heavy atom. The molecule has 0 bridgehead atoms.